The highest BCUT2D eigenvalue weighted by atomic mass is 19.1. The molecule has 4 nitrogen and oxygen atoms in total. The number of methoxy groups -OCH3 is 1. The first-order valence-corrected chi connectivity index (χ1v) is 7.36. The highest BCUT2D eigenvalue weighted by molar-refractivity contribution is 5.29. The molecule has 0 amide bonds. The van der Waals surface area contributed by atoms with Gasteiger partial charge in [0.15, 0.2) is 11.6 Å². The van der Waals surface area contributed by atoms with Crippen LogP contribution in [-0.4, -0.2) is 36.2 Å². The molecule has 1 aromatic carbocycles. The second-order valence-corrected chi connectivity index (χ2v) is 5.42. The van der Waals surface area contributed by atoms with Crippen molar-refractivity contribution in [3.05, 3.63) is 54.1 Å². The number of pyridine rings is 1. The third-order valence-corrected chi connectivity index (χ3v) is 3.80. The van der Waals surface area contributed by atoms with Gasteiger partial charge in [-0.2, -0.15) is 0 Å². The van der Waals surface area contributed by atoms with Gasteiger partial charge in [-0.05, 0) is 36.2 Å². The van der Waals surface area contributed by atoms with E-state index < -0.39 is 0 Å². The van der Waals surface area contributed by atoms with Gasteiger partial charge in [0.2, 0.25) is 0 Å². The third-order valence-electron chi connectivity index (χ3n) is 3.80. The molecule has 0 radical (unpaired) electrons. The molecule has 3 rings (SSSR count). The van der Waals surface area contributed by atoms with Crippen molar-refractivity contribution in [3.63, 3.8) is 0 Å². The van der Waals surface area contributed by atoms with Gasteiger partial charge in [0.1, 0.15) is 11.9 Å². The molecule has 0 saturated carbocycles. The van der Waals surface area contributed by atoms with Crippen molar-refractivity contribution in [1.82, 2.24) is 9.88 Å². The van der Waals surface area contributed by atoms with E-state index in [2.05, 4.69) is 9.88 Å². The number of rotatable bonds is 5. The summed E-state index contributed by atoms with van der Waals surface area (Å²) >= 11 is 0. The SMILES string of the molecule is COc1ccc(CN2CC[C@@H](Oc3ccncc3)C2)cc1F. The fraction of sp³-hybridized carbons (Fsp3) is 0.353. The quantitative estimate of drug-likeness (QED) is 0.850. The molecule has 2 aromatic rings. The average Bonchev–Trinajstić information content (AvgIpc) is 2.95. The summed E-state index contributed by atoms with van der Waals surface area (Å²) in [4.78, 5) is 6.25. The molecule has 1 aromatic heterocycles. The molecular formula is C17H19FN2O2. The number of hydrogen-bond acceptors (Lipinski definition) is 4. The molecular weight excluding hydrogens is 283 g/mol. The zero-order chi connectivity index (χ0) is 15.4. The molecule has 22 heavy (non-hydrogen) atoms. The Morgan fingerprint density at radius 3 is 2.82 bits per heavy atom. The number of ether oxygens (including phenoxy) is 2. The van der Waals surface area contributed by atoms with Gasteiger partial charge in [0.05, 0.1) is 7.11 Å². The molecule has 0 unspecified atom stereocenters. The van der Waals surface area contributed by atoms with Crippen LogP contribution in [0.2, 0.25) is 0 Å². The fourth-order valence-corrected chi connectivity index (χ4v) is 2.71. The normalized spacial score (nSPS) is 18.4. The van der Waals surface area contributed by atoms with Crippen LogP contribution < -0.4 is 9.47 Å². The van der Waals surface area contributed by atoms with Crippen LogP contribution in [0.5, 0.6) is 11.5 Å². The number of aromatic nitrogens is 1. The molecule has 1 fully saturated rings. The third kappa shape index (κ3) is 3.54. The lowest BCUT2D eigenvalue weighted by atomic mass is 10.2. The topological polar surface area (TPSA) is 34.6 Å². The van der Waals surface area contributed by atoms with Crippen LogP contribution >= 0.6 is 0 Å². The molecule has 5 heteroatoms. The Hall–Kier alpha value is -2.14. The van der Waals surface area contributed by atoms with Crippen LogP contribution in [-0.2, 0) is 6.54 Å². The van der Waals surface area contributed by atoms with E-state index in [-0.39, 0.29) is 17.7 Å². The first-order valence-electron chi connectivity index (χ1n) is 7.36. The second-order valence-electron chi connectivity index (χ2n) is 5.42. The van der Waals surface area contributed by atoms with Gasteiger partial charge < -0.3 is 9.47 Å². The standard InChI is InChI=1S/C17H19FN2O2/c1-21-17-3-2-13(10-16(17)18)11-20-9-6-15(12-20)22-14-4-7-19-8-5-14/h2-5,7-8,10,15H,6,9,11-12H2,1H3/t15-/m1/s1. The summed E-state index contributed by atoms with van der Waals surface area (Å²) in [6.45, 7) is 2.51. The van der Waals surface area contributed by atoms with Crippen molar-refractivity contribution in [3.8, 4) is 11.5 Å². The van der Waals surface area contributed by atoms with E-state index in [0.29, 0.717) is 0 Å². The van der Waals surface area contributed by atoms with Crippen LogP contribution in [0.25, 0.3) is 0 Å². The van der Waals surface area contributed by atoms with Crippen LogP contribution in [0.15, 0.2) is 42.7 Å². The summed E-state index contributed by atoms with van der Waals surface area (Å²) in [5.74, 6) is 0.810. The summed E-state index contributed by atoms with van der Waals surface area (Å²) in [5.41, 5.74) is 0.947. The number of likely N-dealkylation sites (tertiary alicyclic amines) is 1. The lowest BCUT2D eigenvalue weighted by Gasteiger charge is -2.17. The predicted molar refractivity (Wildman–Crippen MR) is 81.5 cm³/mol. The number of halogens is 1. The van der Waals surface area contributed by atoms with E-state index in [4.69, 9.17) is 9.47 Å². The molecule has 116 valence electrons. The van der Waals surface area contributed by atoms with Crippen LogP contribution in [0.3, 0.4) is 0 Å². The van der Waals surface area contributed by atoms with Crippen LogP contribution in [0.4, 0.5) is 4.39 Å². The maximum Gasteiger partial charge on any atom is 0.165 e. The Morgan fingerprint density at radius 2 is 2.09 bits per heavy atom. The monoisotopic (exact) mass is 302 g/mol. The summed E-state index contributed by atoms with van der Waals surface area (Å²) < 4.78 is 24.6. The molecule has 1 aliphatic heterocycles. The number of hydrogen-bond donors (Lipinski definition) is 0. The molecule has 0 aliphatic carbocycles. The molecule has 0 spiro atoms. The number of benzene rings is 1. The van der Waals surface area contributed by atoms with Crippen molar-refractivity contribution in [2.45, 2.75) is 19.1 Å². The van der Waals surface area contributed by atoms with Crippen molar-refractivity contribution in [2.75, 3.05) is 20.2 Å². The van der Waals surface area contributed by atoms with Crippen LogP contribution in [0, 0.1) is 5.82 Å². The lowest BCUT2D eigenvalue weighted by molar-refractivity contribution is 0.198. The fourth-order valence-electron chi connectivity index (χ4n) is 2.71. The van der Waals surface area contributed by atoms with Gasteiger partial charge in [-0.25, -0.2) is 4.39 Å². The molecule has 0 bridgehead atoms. The molecule has 1 saturated heterocycles. The maximum absolute atomic E-state index is 13.7. The van der Waals surface area contributed by atoms with E-state index in [9.17, 15) is 4.39 Å². The van der Waals surface area contributed by atoms with Gasteiger partial charge >= 0.3 is 0 Å². The largest absolute Gasteiger partial charge is 0.494 e. The zero-order valence-corrected chi connectivity index (χ0v) is 12.5. The Kier molecular flexibility index (Phi) is 4.53. The zero-order valence-electron chi connectivity index (χ0n) is 12.5. The summed E-state index contributed by atoms with van der Waals surface area (Å²) in [6.07, 6.45) is 4.59. The molecule has 2 heterocycles. The van der Waals surface area contributed by atoms with E-state index in [1.54, 1.807) is 18.5 Å². The average molecular weight is 302 g/mol. The Labute approximate surface area is 129 Å². The van der Waals surface area contributed by atoms with E-state index in [0.717, 1.165) is 37.4 Å². The molecule has 0 N–H and O–H groups in total. The summed E-state index contributed by atoms with van der Waals surface area (Å²) in [7, 11) is 1.47. The molecule has 1 aliphatic rings. The summed E-state index contributed by atoms with van der Waals surface area (Å²) in [5, 5.41) is 0. The van der Waals surface area contributed by atoms with Crippen LogP contribution in [0.1, 0.15) is 12.0 Å². The van der Waals surface area contributed by atoms with Gasteiger partial charge in [0, 0.05) is 32.0 Å². The van der Waals surface area contributed by atoms with Crippen molar-refractivity contribution >= 4 is 0 Å². The van der Waals surface area contributed by atoms with E-state index in [1.165, 1.54) is 13.2 Å². The Bertz CT molecular complexity index is 621. The molecule has 1 atom stereocenters. The number of nitrogens with zero attached hydrogens (tertiary/aromatic N) is 2. The van der Waals surface area contributed by atoms with E-state index in [1.807, 2.05) is 18.2 Å². The van der Waals surface area contributed by atoms with Crippen molar-refractivity contribution in [2.24, 2.45) is 0 Å². The minimum absolute atomic E-state index is 0.172. The lowest BCUT2D eigenvalue weighted by Crippen LogP contribution is -2.24. The van der Waals surface area contributed by atoms with Crippen molar-refractivity contribution in [1.29, 1.82) is 0 Å². The predicted octanol–water partition coefficient (Wildman–Crippen LogP) is 2.88. The highest BCUT2D eigenvalue weighted by Gasteiger charge is 2.24. The van der Waals surface area contributed by atoms with Gasteiger partial charge in [0.25, 0.3) is 0 Å². The Morgan fingerprint density at radius 1 is 1.27 bits per heavy atom. The van der Waals surface area contributed by atoms with Gasteiger partial charge in [-0.1, -0.05) is 6.07 Å². The minimum atomic E-state index is -0.316. The van der Waals surface area contributed by atoms with Gasteiger partial charge in [-0.3, -0.25) is 9.88 Å². The van der Waals surface area contributed by atoms with Crippen molar-refractivity contribution < 1.29 is 13.9 Å². The Balaban J connectivity index is 1.56. The van der Waals surface area contributed by atoms with Gasteiger partial charge in [-0.15, -0.1) is 0 Å². The first-order chi connectivity index (χ1) is 10.7. The first kappa shape index (κ1) is 14.8. The smallest absolute Gasteiger partial charge is 0.165 e. The second kappa shape index (κ2) is 6.75. The highest BCUT2D eigenvalue weighted by Crippen LogP contribution is 2.22. The minimum Gasteiger partial charge on any atom is -0.494 e. The maximum atomic E-state index is 13.7. The van der Waals surface area contributed by atoms with E-state index >= 15 is 0 Å². The summed E-state index contributed by atoms with van der Waals surface area (Å²) in [6, 6.07) is 8.84.